The Morgan fingerprint density at radius 1 is 1.56 bits per heavy atom. The molecule has 3 heteroatoms. The van der Waals surface area contributed by atoms with Gasteiger partial charge in [0.2, 0.25) is 0 Å². The molecule has 0 bridgehead atoms. The summed E-state index contributed by atoms with van der Waals surface area (Å²) in [6.45, 7) is 2.15. The Bertz CT molecular complexity index is 339. The summed E-state index contributed by atoms with van der Waals surface area (Å²) < 4.78 is 2.02. The molecule has 2 rings (SSSR count). The van der Waals surface area contributed by atoms with Gasteiger partial charge in [-0.05, 0) is 50.5 Å². The van der Waals surface area contributed by atoms with Gasteiger partial charge in [0.15, 0.2) is 0 Å². The number of rotatable bonds is 6. The Morgan fingerprint density at radius 2 is 2.31 bits per heavy atom. The highest BCUT2D eigenvalue weighted by Crippen LogP contribution is 2.33. The molecule has 1 aliphatic carbocycles. The summed E-state index contributed by atoms with van der Waals surface area (Å²) in [5, 5.41) is 4.46. The highest BCUT2D eigenvalue weighted by Gasteiger charge is 2.27. The highest BCUT2D eigenvalue weighted by molar-refractivity contribution is 5.10. The zero-order valence-electron chi connectivity index (χ0n) is 10.4. The molecule has 3 nitrogen and oxygen atoms in total. The molecule has 90 valence electrons. The van der Waals surface area contributed by atoms with Crippen molar-refractivity contribution in [2.45, 2.75) is 51.5 Å². The van der Waals surface area contributed by atoms with Crippen molar-refractivity contribution in [2.75, 3.05) is 0 Å². The first-order valence-electron chi connectivity index (χ1n) is 6.48. The van der Waals surface area contributed by atoms with Crippen LogP contribution in [0.3, 0.4) is 0 Å². The molecular weight excluding hydrogens is 198 g/mol. The van der Waals surface area contributed by atoms with Crippen LogP contribution < -0.4 is 5.73 Å². The van der Waals surface area contributed by atoms with Crippen LogP contribution in [-0.2, 0) is 19.9 Å². The maximum Gasteiger partial charge on any atom is 0.0624 e. The van der Waals surface area contributed by atoms with Gasteiger partial charge in [0, 0.05) is 18.8 Å². The van der Waals surface area contributed by atoms with Gasteiger partial charge in [-0.25, -0.2) is 0 Å². The van der Waals surface area contributed by atoms with Crippen molar-refractivity contribution in [3.05, 3.63) is 17.5 Å². The summed E-state index contributed by atoms with van der Waals surface area (Å²) in [5.41, 5.74) is 8.64. The van der Waals surface area contributed by atoms with E-state index in [1.165, 1.54) is 30.7 Å². The van der Waals surface area contributed by atoms with E-state index in [-0.39, 0.29) is 0 Å². The van der Waals surface area contributed by atoms with Crippen molar-refractivity contribution in [1.29, 1.82) is 0 Å². The molecule has 16 heavy (non-hydrogen) atoms. The van der Waals surface area contributed by atoms with Crippen LogP contribution in [-0.4, -0.2) is 15.8 Å². The molecule has 0 radical (unpaired) electrons. The minimum atomic E-state index is 0.443. The van der Waals surface area contributed by atoms with Crippen LogP contribution in [0.15, 0.2) is 6.07 Å². The molecule has 1 aromatic heterocycles. The average Bonchev–Trinajstić information content (AvgIpc) is 3.05. The smallest absolute Gasteiger partial charge is 0.0624 e. The quantitative estimate of drug-likeness (QED) is 0.799. The molecule has 1 fully saturated rings. The SMILES string of the molecule is CCc1cc(CCCC(N)C2CC2)n(C)n1. The normalized spacial score (nSPS) is 17.7. The van der Waals surface area contributed by atoms with Crippen LogP contribution in [0.1, 0.15) is 44.0 Å². The Balaban J connectivity index is 1.77. The molecule has 1 atom stereocenters. The third kappa shape index (κ3) is 2.85. The van der Waals surface area contributed by atoms with Crippen molar-refractivity contribution in [1.82, 2.24) is 9.78 Å². The van der Waals surface area contributed by atoms with Crippen LogP contribution in [0, 0.1) is 5.92 Å². The van der Waals surface area contributed by atoms with Crippen molar-refractivity contribution in [3.63, 3.8) is 0 Å². The predicted molar refractivity (Wildman–Crippen MR) is 66.2 cm³/mol. The van der Waals surface area contributed by atoms with Gasteiger partial charge in [-0.3, -0.25) is 4.68 Å². The van der Waals surface area contributed by atoms with E-state index < -0.39 is 0 Å². The molecule has 2 N–H and O–H groups in total. The van der Waals surface area contributed by atoms with Gasteiger partial charge < -0.3 is 5.73 Å². The van der Waals surface area contributed by atoms with Gasteiger partial charge in [-0.1, -0.05) is 6.92 Å². The van der Waals surface area contributed by atoms with Gasteiger partial charge in [0.25, 0.3) is 0 Å². The minimum absolute atomic E-state index is 0.443. The highest BCUT2D eigenvalue weighted by atomic mass is 15.3. The second kappa shape index (κ2) is 5.00. The van der Waals surface area contributed by atoms with Gasteiger partial charge in [0.1, 0.15) is 0 Å². The van der Waals surface area contributed by atoms with Crippen molar-refractivity contribution in [3.8, 4) is 0 Å². The fourth-order valence-electron chi connectivity index (χ4n) is 2.26. The molecule has 0 aliphatic heterocycles. The van der Waals surface area contributed by atoms with E-state index in [4.69, 9.17) is 5.73 Å². The van der Waals surface area contributed by atoms with Gasteiger partial charge in [-0.15, -0.1) is 0 Å². The summed E-state index contributed by atoms with van der Waals surface area (Å²) in [6.07, 6.45) is 7.21. The van der Waals surface area contributed by atoms with E-state index in [0.29, 0.717) is 6.04 Å². The lowest BCUT2D eigenvalue weighted by molar-refractivity contribution is 0.521. The van der Waals surface area contributed by atoms with Crippen molar-refractivity contribution >= 4 is 0 Å². The summed E-state index contributed by atoms with van der Waals surface area (Å²) in [7, 11) is 2.04. The maximum atomic E-state index is 6.09. The molecule has 1 heterocycles. The maximum absolute atomic E-state index is 6.09. The van der Waals surface area contributed by atoms with Crippen molar-refractivity contribution < 1.29 is 0 Å². The fourth-order valence-corrected chi connectivity index (χ4v) is 2.26. The lowest BCUT2D eigenvalue weighted by Crippen LogP contribution is -2.22. The van der Waals surface area contributed by atoms with E-state index in [2.05, 4.69) is 18.1 Å². The Morgan fingerprint density at radius 3 is 2.88 bits per heavy atom. The summed E-state index contributed by atoms with van der Waals surface area (Å²) in [5.74, 6) is 0.831. The van der Waals surface area contributed by atoms with E-state index in [1.54, 1.807) is 0 Å². The summed E-state index contributed by atoms with van der Waals surface area (Å²) in [4.78, 5) is 0. The Kier molecular flexibility index (Phi) is 3.64. The predicted octanol–water partition coefficient (Wildman–Crippen LogP) is 2.04. The topological polar surface area (TPSA) is 43.8 Å². The third-order valence-electron chi connectivity index (χ3n) is 3.59. The molecular formula is C13H23N3. The summed E-state index contributed by atoms with van der Waals surface area (Å²) >= 11 is 0. The Labute approximate surface area is 98.0 Å². The minimum Gasteiger partial charge on any atom is -0.327 e. The number of nitrogens with zero attached hydrogens (tertiary/aromatic N) is 2. The fraction of sp³-hybridized carbons (Fsp3) is 0.769. The number of aryl methyl sites for hydroxylation is 3. The molecule has 1 unspecified atom stereocenters. The first-order chi connectivity index (χ1) is 7.70. The number of aromatic nitrogens is 2. The van der Waals surface area contributed by atoms with Crippen LogP contribution >= 0.6 is 0 Å². The third-order valence-corrected chi connectivity index (χ3v) is 3.59. The lowest BCUT2D eigenvalue weighted by atomic mass is 10.0. The lowest BCUT2D eigenvalue weighted by Gasteiger charge is -2.09. The zero-order valence-corrected chi connectivity index (χ0v) is 10.4. The second-order valence-electron chi connectivity index (χ2n) is 5.00. The molecule has 1 aromatic rings. The molecule has 0 saturated heterocycles. The van der Waals surface area contributed by atoms with E-state index in [0.717, 1.165) is 25.2 Å². The monoisotopic (exact) mass is 221 g/mol. The standard InChI is InChI=1S/C13H23N3/c1-3-11-9-12(16(2)15-11)5-4-6-13(14)10-7-8-10/h9-10,13H,3-8,14H2,1-2H3. The molecule has 0 amide bonds. The molecule has 0 spiro atoms. The largest absolute Gasteiger partial charge is 0.327 e. The molecule has 1 saturated carbocycles. The van der Waals surface area contributed by atoms with Gasteiger partial charge in [-0.2, -0.15) is 5.10 Å². The average molecular weight is 221 g/mol. The van der Waals surface area contributed by atoms with Crippen LogP contribution in [0.4, 0.5) is 0 Å². The van der Waals surface area contributed by atoms with E-state index >= 15 is 0 Å². The van der Waals surface area contributed by atoms with Crippen LogP contribution in [0.5, 0.6) is 0 Å². The number of hydrogen-bond donors (Lipinski definition) is 1. The first-order valence-corrected chi connectivity index (χ1v) is 6.48. The number of hydrogen-bond acceptors (Lipinski definition) is 2. The number of nitrogens with two attached hydrogens (primary N) is 1. The van der Waals surface area contributed by atoms with Crippen LogP contribution in [0.25, 0.3) is 0 Å². The summed E-state index contributed by atoms with van der Waals surface area (Å²) in [6, 6.07) is 2.67. The first kappa shape index (κ1) is 11.6. The van der Waals surface area contributed by atoms with Crippen LogP contribution in [0.2, 0.25) is 0 Å². The van der Waals surface area contributed by atoms with E-state index in [1.807, 2.05) is 11.7 Å². The van der Waals surface area contributed by atoms with Gasteiger partial charge >= 0.3 is 0 Å². The van der Waals surface area contributed by atoms with E-state index in [9.17, 15) is 0 Å². The van der Waals surface area contributed by atoms with Gasteiger partial charge in [0.05, 0.1) is 5.69 Å². The Hall–Kier alpha value is -0.830. The molecule has 0 aromatic carbocycles. The van der Waals surface area contributed by atoms with Crippen molar-refractivity contribution in [2.24, 2.45) is 18.7 Å². The molecule has 1 aliphatic rings. The zero-order chi connectivity index (χ0) is 11.5. The second-order valence-corrected chi connectivity index (χ2v) is 5.00.